The van der Waals surface area contributed by atoms with Crippen LogP contribution in [0.15, 0.2) is 100.0 Å². The van der Waals surface area contributed by atoms with E-state index in [2.05, 4.69) is 129 Å². The highest BCUT2D eigenvalue weighted by Gasteiger charge is 2.23. The van der Waals surface area contributed by atoms with E-state index < -0.39 is 0 Å². The predicted molar refractivity (Wildman–Crippen MR) is 180 cm³/mol. The Morgan fingerprint density at radius 2 is 1.27 bits per heavy atom. The first-order valence-electron chi connectivity index (χ1n) is 15.1. The smallest absolute Gasteiger partial charge is 0.227 e. The van der Waals surface area contributed by atoms with Crippen LogP contribution in [0.1, 0.15) is 27.9 Å². The van der Waals surface area contributed by atoms with Crippen LogP contribution in [0, 0.1) is 34.6 Å². The van der Waals surface area contributed by atoms with Gasteiger partial charge in [0.1, 0.15) is 23.8 Å². The van der Waals surface area contributed by atoms with Crippen LogP contribution in [0.2, 0.25) is 0 Å². The molecule has 0 aliphatic heterocycles. The lowest BCUT2D eigenvalue weighted by atomic mass is 9.92. The van der Waals surface area contributed by atoms with Gasteiger partial charge >= 0.3 is 0 Å². The summed E-state index contributed by atoms with van der Waals surface area (Å²) in [6.07, 6.45) is 2.23. The zero-order valence-corrected chi connectivity index (χ0v) is 25.9. The van der Waals surface area contributed by atoms with Gasteiger partial charge in [-0.2, -0.15) is 0 Å². The van der Waals surface area contributed by atoms with Gasteiger partial charge in [0.05, 0.1) is 5.56 Å². The predicted octanol–water partition coefficient (Wildman–Crippen LogP) is 10.2. The first kappa shape index (κ1) is 26.4. The van der Waals surface area contributed by atoms with Crippen molar-refractivity contribution in [2.45, 2.75) is 34.6 Å². The van der Waals surface area contributed by atoms with Crippen LogP contribution in [0.4, 0.5) is 0 Å². The molecule has 0 radical (unpaired) electrons. The molecule has 0 unspecified atom stereocenters. The number of hydrogen-bond acceptors (Lipinski definition) is 3. The lowest BCUT2D eigenvalue weighted by molar-refractivity contribution is -0.660. The van der Waals surface area contributed by atoms with Crippen LogP contribution < -0.4 is 4.57 Å². The second-order valence-corrected chi connectivity index (χ2v) is 12.3. The van der Waals surface area contributed by atoms with Crippen molar-refractivity contribution in [3.63, 3.8) is 0 Å². The van der Waals surface area contributed by atoms with Gasteiger partial charge in [0.25, 0.3) is 0 Å². The molecule has 0 saturated heterocycles. The molecule has 0 saturated carbocycles. The maximum Gasteiger partial charge on any atom is 0.227 e. The van der Waals surface area contributed by atoms with Crippen molar-refractivity contribution in [1.29, 1.82) is 0 Å². The lowest BCUT2D eigenvalue weighted by Crippen LogP contribution is -2.31. The molecule has 214 valence electrons. The number of fused-ring (bicyclic) bond motifs is 6. The Kier molecular flexibility index (Phi) is 5.79. The number of hydrogen-bond donors (Lipinski definition) is 0. The molecule has 0 bridgehead atoms. The van der Waals surface area contributed by atoms with Crippen molar-refractivity contribution in [2.24, 2.45) is 7.05 Å². The van der Waals surface area contributed by atoms with E-state index in [9.17, 15) is 0 Å². The van der Waals surface area contributed by atoms with Crippen LogP contribution >= 0.6 is 0 Å². The van der Waals surface area contributed by atoms with E-state index in [1.54, 1.807) is 0 Å². The van der Waals surface area contributed by atoms with E-state index in [1.807, 2.05) is 13.0 Å². The fourth-order valence-electron chi connectivity index (χ4n) is 6.76. The Hall–Kier alpha value is -5.22. The normalized spacial score (nSPS) is 11.9. The standard InChI is InChI=1S/C40H33N2O2/c1-22-7-12-30-32-13-8-23(2)38(39(32)43-36(30)17-22)35-20-34(25(4)21-42(35)6)29-15-10-27(18-24(29)3)28-11-16-31-33-14-9-26(5)41-40(33)44-37(31)19-28/h7-21H,1-6H3/q+1. The van der Waals surface area contributed by atoms with Gasteiger partial charge in [-0.05, 0) is 104 Å². The highest BCUT2D eigenvalue weighted by atomic mass is 16.3. The van der Waals surface area contributed by atoms with Gasteiger partial charge in [-0.3, -0.25) is 0 Å². The number of nitrogens with zero attached hydrogens (tertiary/aromatic N) is 2. The van der Waals surface area contributed by atoms with Gasteiger partial charge in [0.15, 0.2) is 6.20 Å². The summed E-state index contributed by atoms with van der Waals surface area (Å²) < 4.78 is 14.9. The first-order valence-corrected chi connectivity index (χ1v) is 15.1. The Morgan fingerprint density at radius 3 is 2.11 bits per heavy atom. The largest absolute Gasteiger partial charge is 0.455 e. The van der Waals surface area contributed by atoms with E-state index in [4.69, 9.17) is 8.83 Å². The summed E-state index contributed by atoms with van der Waals surface area (Å²) in [5.41, 5.74) is 16.2. The van der Waals surface area contributed by atoms with Gasteiger partial charge in [0, 0.05) is 38.9 Å². The maximum absolute atomic E-state index is 6.55. The Morgan fingerprint density at radius 1 is 0.568 bits per heavy atom. The molecular formula is C40H33N2O2+. The Labute approximate surface area is 256 Å². The zero-order chi connectivity index (χ0) is 30.3. The molecule has 4 aromatic carbocycles. The summed E-state index contributed by atoms with van der Waals surface area (Å²) in [5, 5.41) is 4.45. The van der Waals surface area contributed by atoms with Crippen molar-refractivity contribution < 1.29 is 13.4 Å². The van der Waals surface area contributed by atoms with Gasteiger partial charge in [-0.15, -0.1) is 0 Å². The number of aryl methyl sites for hydroxylation is 6. The second kappa shape index (κ2) is 9.65. The molecule has 44 heavy (non-hydrogen) atoms. The monoisotopic (exact) mass is 573 g/mol. The number of pyridine rings is 2. The van der Waals surface area contributed by atoms with E-state index in [1.165, 1.54) is 33.4 Å². The third kappa shape index (κ3) is 4.05. The van der Waals surface area contributed by atoms with Gasteiger partial charge < -0.3 is 8.83 Å². The highest BCUT2D eigenvalue weighted by molar-refractivity contribution is 6.10. The fourth-order valence-corrected chi connectivity index (χ4v) is 6.76. The molecule has 0 fully saturated rings. The molecule has 8 rings (SSSR count). The van der Waals surface area contributed by atoms with Gasteiger partial charge in [-0.25, -0.2) is 9.55 Å². The molecule has 0 spiro atoms. The molecule has 0 N–H and O–H groups in total. The minimum absolute atomic E-state index is 0.691. The summed E-state index contributed by atoms with van der Waals surface area (Å²) in [6, 6.07) is 30.5. The van der Waals surface area contributed by atoms with Crippen LogP contribution in [0.3, 0.4) is 0 Å². The molecule has 0 aliphatic carbocycles. The fraction of sp³-hybridized carbons (Fsp3) is 0.150. The number of rotatable bonds is 3. The molecule has 0 aliphatic rings. The van der Waals surface area contributed by atoms with Crippen LogP contribution in [0.25, 0.3) is 77.5 Å². The van der Waals surface area contributed by atoms with E-state index in [0.29, 0.717) is 5.71 Å². The summed E-state index contributed by atoms with van der Waals surface area (Å²) >= 11 is 0. The molecular weight excluding hydrogens is 540 g/mol. The lowest BCUT2D eigenvalue weighted by Gasteiger charge is -2.13. The van der Waals surface area contributed by atoms with E-state index >= 15 is 0 Å². The maximum atomic E-state index is 6.55. The second-order valence-electron chi connectivity index (χ2n) is 12.3. The minimum atomic E-state index is 0.691. The van der Waals surface area contributed by atoms with E-state index in [-0.39, 0.29) is 0 Å². The van der Waals surface area contributed by atoms with Crippen molar-refractivity contribution in [3.8, 4) is 33.5 Å². The molecule has 0 amide bonds. The van der Waals surface area contributed by atoms with Crippen LogP contribution in [0.5, 0.6) is 0 Å². The van der Waals surface area contributed by atoms with Gasteiger partial charge in [0.2, 0.25) is 11.4 Å². The Balaban J connectivity index is 1.24. The number of furan rings is 2. The Bertz CT molecular complexity index is 2460. The van der Waals surface area contributed by atoms with Crippen molar-refractivity contribution in [1.82, 2.24) is 4.98 Å². The van der Waals surface area contributed by atoms with Crippen molar-refractivity contribution in [2.75, 3.05) is 0 Å². The number of aromatic nitrogens is 2. The van der Waals surface area contributed by atoms with Crippen molar-refractivity contribution in [3.05, 3.63) is 119 Å². The summed E-state index contributed by atoms with van der Waals surface area (Å²) in [7, 11) is 2.12. The molecule has 0 atom stereocenters. The third-order valence-electron chi connectivity index (χ3n) is 9.06. The van der Waals surface area contributed by atoms with Crippen LogP contribution in [-0.4, -0.2) is 4.98 Å². The topological polar surface area (TPSA) is 43.1 Å². The molecule has 4 heteroatoms. The quantitative estimate of drug-likeness (QED) is 0.198. The summed E-state index contributed by atoms with van der Waals surface area (Å²) in [5.74, 6) is 0. The SMILES string of the molecule is Cc1ccc2c(c1)oc1c(-c3cc(-c4ccc(-c5ccc6c(c5)oc5nc(C)ccc56)cc4C)c(C)c[n+]3C)c(C)ccc12. The number of benzene rings is 4. The van der Waals surface area contributed by atoms with Crippen LogP contribution in [-0.2, 0) is 7.05 Å². The van der Waals surface area contributed by atoms with Gasteiger partial charge in [-0.1, -0.05) is 48.5 Å². The average molecular weight is 574 g/mol. The van der Waals surface area contributed by atoms with E-state index in [0.717, 1.165) is 66.4 Å². The summed E-state index contributed by atoms with van der Waals surface area (Å²) in [6.45, 7) is 10.7. The first-order chi connectivity index (χ1) is 21.2. The molecule has 4 nitrogen and oxygen atoms in total. The van der Waals surface area contributed by atoms with Crippen molar-refractivity contribution >= 4 is 44.0 Å². The minimum Gasteiger partial charge on any atom is -0.455 e. The highest BCUT2D eigenvalue weighted by Crippen LogP contribution is 2.39. The third-order valence-corrected chi connectivity index (χ3v) is 9.06. The zero-order valence-electron chi connectivity index (χ0n) is 25.9. The molecule has 8 aromatic rings. The summed E-state index contributed by atoms with van der Waals surface area (Å²) in [4.78, 5) is 4.58. The average Bonchev–Trinajstić information content (AvgIpc) is 3.54. The molecule has 4 aromatic heterocycles. The molecule has 4 heterocycles.